The summed E-state index contributed by atoms with van der Waals surface area (Å²) in [6, 6.07) is 7.19. The van der Waals surface area contributed by atoms with E-state index in [2.05, 4.69) is 22.5 Å². The number of fused-ring (bicyclic) bond motifs is 1. The highest BCUT2D eigenvalue weighted by Crippen LogP contribution is 2.34. The average Bonchev–Trinajstić information content (AvgIpc) is 2.63. The van der Waals surface area contributed by atoms with Crippen LogP contribution in [0.3, 0.4) is 0 Å². The highest BCUT2D eigenvalue weighted by Gasteiger charge is 2.46. The van der Waals surface area contributed by atoms with E-state index in [4.69, 9.17) is 17.6 Å². The third-order valence-corrected chi connectivity index (χ3v) is 5.24. The molecule has 1 aromatic rings. The Morgan fingerprint density at radius 2 is 1.93 bits per heavy atom. The quantitative estimate of drug-likeness (QED) is 0.759. The van der Waals surface area contributed by atoms with Gasteiger partial charge in [-0.2, -0.15) is 0 Å². The van der Waals surface area contributed by atoms with E-state index in [1.807, 2.05) is 24.3 Å². The SMILES string of the molecule is C#C[C@H]1c2ccccc2CCN1C(=O)N[C@H]1C[C@@](C#C)(NC(=O)OC(C)(C)C)C1. The van der Waals surface area contributed by atoms with Crippen molar-refractivity contribution in [1.82, 2.24) is 15.5 Å². The standard InChI is InChI=1S/C23H27N3O3/c1-6-19-18-11-9-8-10-16(18)12-13-26(19)20(27)24-17-14-23(7-2,15-17)25-21(28)29-22(3,4)5/h1-2,8-11,17,19H,12-15H2,3-5H3,(H,24,27)(H,25,28)/t17-,19-,23+/m0/s1. The molecule has 0 radical (unpaired) electrons. The van der Waals surface area contributed by atoms with Gasteiger partial charge in [-0.25, -0.2) is 9.59 Å². The molecule has 2 aliphatic rings. The molecular weight excluding hydrogens is 366 g/mol. The number of alkyl carbamates (subject to hydrolysis) is 1. The maximum Gasteiger partial charge on any atom is 0.408 e. The predicted octanol–water partition coefficient (Wildman–Crippen LogP) is 2.99. The monoisotopic (exact) mass is 393 g/mol. The number of carbonyl (C=O) groups is 2. The number of terminal acetylenes is 2. The number of rotatable bonds is 2. The van der Waals surface area contributed by atoms with Crippen LogP contribution in [-0.4, -0.2) is 40.8 Å². The minimum atomic E-state index is -0.805. The Morgan fingerprint density at radius 1 is 1.24 bits per heavy atom. The van der Waals surface area contributed by atoms with E-state index in [-0.39, 0.29) is 12.1 Å². The van der Waals surface area contributed by atoms with Crippen molar-refractivity contribution < 1.29 is 14.3 Å². The Bertz CT molecular complexity index is 882. The van der Waals surface area contributed by atoms with Crippen LogP contribution in [-0.2, 0) is 11.2 Å². The van der Waals surface area contributed by atoms with Crippen molar-refractivity contribution >= 4 is 12.1 Å². The van der Waals surface area contributed by atoms with E-state index in [1.54, 1.807) is 25.7 Å². The summed E-state index contributed by atoms with van der Waals surface area (Å²) in [5.74, 6) is 5.37. The fraction of sp³-hybridized carbons (Fsp3) is 0.478. The maximum atomic E-state index is 12.8. The lowest BCUT2D eigenvalue weighted by molar-refractivity contribution is 0.0415. The van der Waals surface area contributed by atoms with Crippen LogP contribution in [0.25, 0.3) is 0 Å². The van der Waals surface area contributed by atoms with Gasteiger partial charge >= 0.3 is 12.1 Å². The summed E-state index contributed by atoms with van der Waals surface area (Å²) < 4.78 is 5.28. The van der Waals surface area contributed by atoms with Crippen molar-refractivity contribution in [1.29, 1.82) is 0 Å². The molecule has 3 rings (SSSR count). The van der Waals surface area contributed by atoms with Crippen LogP contribution in [0.2, 0.25) is 0 Å². The molecule has 0 saturated heterocycles. The molecule has 152 valence electrons. The number of hydrogen-bond acceptors (Lipinski definition) is 3. The average molecular weight is 393 g/mol. The number of nitrogens with zero attached hydrogens (tertiary/aromatic N) is 1. The van der Waals surface area contributed by atoms with Gasteiger partial charge in [-0.3, -0.25) is 0 Å². The molecule has 1 atom stereocenters. The number of benzene rings is 1. The first-order valence-corrected chi connectivity index (χ1v) is 9.76. The minimum absolute atomic E-state index is 0.135. The van der Waals surface area contributed by atoms with Gasteiger partial charge in [0, 0.05) is 25.4 Å². The molecule has 1 aliphatic heterocycles. The van der Waals surface area contributed by atoms with Crippen LogP contribution >= 0.6 is 0 Å². The number of nitrogens with one attached hydrogen (secondary N) is 2. The normalized spacial score (nSPS) is 25.5. The topological polar surface area (TPSA) is 70.7 Å². The molecule has 2 N–H and O–H groups in total. The smallest absolute Gasteiger partial charge is 0.408 e. The van der Waals surface area contributed by atoms with Gasteiger partial charge in [-0.05, 0) is 38.3 Å². The van der Waals surface area contributed by atoms with E-state index >= 15 is 0 Å². The van der Waals surface area contributed by atoms with Crippen molar-refractivity contribution in [3.05, 3.63) is 35.4 Å². The van der Waals surface area contributed by atoms with Gasteiger partial charge in [0.25, 0.3) is 0 Å². The van der Waals surface area contributed by atoms with Crippen molar-refractivity contribution in [2.24, 2.45) is 0 Å². The Morgan fingerprint density at radius 3 is 2.55 bits per heavy atom. The van der Waals surface area contributed by atoms with Gasteiger partial charge in [0.05, 0.1) is 0 Å². The molecule has 1 aromatic carbocycles. The van der Waals surface area contributed by atoms with Gasteiger partial charge in [-0.15, -0.1) is 12.8 Å². The highest BCUT2D eigenvalue weighted by molar-refractivity contribution is 5.77. The van der Waals surface area contributed by atoms with Gasteiger partial charge in [0.1, 0.15) is 17.2 Å². The summed E-state index contributed by atoms with van der Waals surface area (Å²) in [6.45, 7) is 5.92. The second-order valence-electron chi connectivity index (χ2n) is 8.62. The summed E-state index contributed by atoms with van der Waals surface area (Å²) in [5.41, 5.74) is 0.761. The highest BCUT2D eigenvalue weighted by atomic mass is 16.6. The zero-order chi connectivity index (χ0) is 21.2. The van der Waals surface area contributed by atoms with Gasteiger partial charge < -0.3 is 20.3 Å². The first-order valence-electron chi connectivity index (χ1n) is 9.76. The van der Waals surface area contributed by atoms with E-state index in [0.29, 0.717) is 19.4 Å². The molecular formula is C23H27N3O3. The lowest BCUT2D eigenvalue weighted by Crippen LogP contribution is -2.64. The first-order chi connectivity index (χ1) is 13.7. The summed E-state index contributed by atoms with van der Waals surface area (Å²) in [5, 5.41) is 5.75. The van der Waals surface area contributed by atoms with Crippen LogP contribution < -0.4 is 10.6 Å². The van der Waals surface area contributed by atoms with Crippen LogP contribution in [0.5, 0.6) is 0 Å². The van der Waals surface area contributed by atoms with Crippen LogP contribution in [0.15, 0.2) is 24.3 Å². The van der Waals surface area contributed by atoms with Crippen LogP contribution in [0.1, 0.15) is 50.8 Å². The second-order valence-corrected chi connectivity index (χ2v) is 8.62. The van der Waals surface area contributed by atoms with E-state index in [9.17, 15) is 9.59 Å². The maximum absolute atomic E-state index is 12.8. The van der Waals surface area contributed by atoms with Crippen molar-refractivity contribution in [2.75, 3.05) is 6.54 Å². The van der Waals surface area contributed by atoms with E-state index in [0.717, 1.165) is 12.0 Å². The third kappa shape index (κ3) is 4.49. The molecule has 1 heterocycles. The summed E-state index contributed by atoms with van der Waals surface area (Å²) in [4.78, 5) is 26.6. The number of ether oxygens (including phenoxy) is 1. The molecule has 0 spiro atoms. The molecule has 1 saturated carbocycles. The summed E-state index contributed by atoms with van der Waals surface area (Å²) in [7, 11) is 0. The fourth-order valence-electron chi connectivity index (χ4n) is 3.86. The Labute approximate surface area is 172 Å². The van der Waals surface area contributed by atoms with Crippen molar-refractivity contribution in [3.8, 4) is 24.7 Å². The molecule has 1 aliphatic carbocycles. The zero-order valence-electron chi connectivity index (χ0n) is 17.1. The molecule has 6 heteroatoms. The lowest BCUT2D eigenvalue weighted by atomic mass is 9.73. The molecule has 0 bridgehead atoms. The second kappa shape index (κ2) is 7.72. The Kier molecular flexibility index (Phi) is 5.48. The molecule has 0 aromatic heterocycles. The molecule has 3 amide bonds. The third-order valence-electron chi connectivity index (χ3n) is 5.24. The molecule has 0 unspecified atom stereocenters. The van der Waals surface area contributed by atoms with Crippen LogP contribution in [0.4, 0.5) is 9.59 Å². The number of urea groups is 1. The largest absolute Gasteiger partial charge is 0.444 e. The molecule has 29 heavy (non-hydrogen) atoms. The Hall–Kier alpha value is -3.12. The number of hydrogen-bond donors (Lipinski definition) is 2. The van der Waals surface area contributed by atoms with E-state index < -0.39 is 23.3 Å². The van der Waals surface area contributed by atoms with E-state index in [1.165, 1.54) is 5.56 Å². The first kappa shape index (κ1) is 20.6. The van der Waals surface area contributed by atoms with Crippen LogP contribution in [0, 0.1) is 24.7 Å². The number of amides is 3. The zero-order valence-corrected chi connectivity index (χ0v) is 17.1. The molecule has 6 nitrogen and oxygen atoms in total. The van der Waals surface area contributed by atoms with Gasteiger partial charge in [0.2, 0.25) is 0 Å². The summed E-state index contributed by atoms with van der Waals surface area (Å²) in [6.07, 6.45) is 12.5. The lowest BCUT2D eigenvalue weighted by Gasteiger charge is -2.45. The Balaban J connectivity index is 1.58. The fourth-order valence-corrected chi connectivity index (χ4v) is 3.86. The van der Waals surface area contributed by atoms with Gasteiger partial charge in [-0.1, -0.05) is 36.1 Å². The molecule has 1 fully saturated rings. The number of carbonyl (C=O) groups excluding carboxylic acids is 2. The van der Waals surface area contributed by atoms with Crippen molar-refractivity contribution in [2.45, 2.75) is 63.3 Å². The minimum Gasteiger partial charge on any atom is -0.444 e. The predicted molar refractivity (Wildman–Crippen MR) is 111 cm³/mol. The van der Waals surface area contributed by atoms with Crippen molar-refractivity contribution in [3.63, 3.8) is 0 Å². The summed E-state index contributed by atoms with van der Waals surface area (Å²) >= 11 is 0. The van der Waals surface area contributed by atoms with Gasteiger partial charge in [0.15, 0.2) is 0 Å².